The van der Waals surface area contributed by atoms with Crippen LogP contribution in [-0.4, -0.2) is 41.5 Å². The Bertz CT molecular complexity index is 924. The van der Waals surface area contributed by atoms with Gasteiger partial charge in [0.15, 0.2) is 6.61 Å². The number of hydrogen-bond donors (Lipinski definition) is 0. The molecule has 2 aliphatic rings. The number of carbonyl (C=O) groups is 1. The van der Waals surface area contributed by atoms with Gasteiger partial charge in [0.2, 0.25) is 5.88 Å². The van der Waals surface area contributed by atoms with Crippen molar-refractivity contribution in [3.05, 3.63) is 58.5 Å². The first-order chi connectivity index (χ1) is 13.8. The minimum Gasteiger partial charge on any atom is -0.471 e. The lowest BCUT2D eigenvalue weighted by atomic mass is 9.97. The summed E-state index contributed by atoms with van der Waals surface area (Å²) in [5, 5.41) is 0. The van der Waals surface area contributed by atoms with E-state index in [0.717, 1.165) is 18.9 Å². The first-order valence-electron chi connectivity index (χ1n) is 9.45. The van der Waals surface area contributed by atoms with Crippen molar-refractivity contribution in [3.8, 4) is 5.88 Å². The third kappa shape index (κ3) is 4.22. The van der Waals surface area contributed by atoms with E-state index < -0.39 is 18.4 Å². The maximum absolute atomic E-state index is 14.6. The van der Waals surface area contributed by atoms with E-state index in [2.05, 4.69) is 4.98 Å². The Morgan fingerprint density at radius 1 is 1.34 bits per heavy atom. The monoisotopic (exact) mass is 406 g/mol. The van der Waals surface area contributed by atoms with Crippen molar-refractivity contribution in [2.75, 3.05) is 19.8 Å². The van der Waals surface area contributed by atoms with Crippen molar-refractivity contribution in [1.82, 2.24) is 9.88 Å². The Labute approximate surface area is 166 Å². The van der Waals surface area contributed by atoms with Gasteiger partial charge in [-0.3, -0.25) is 4.79 Å². The van der Waals surface area contributed by atoms with Gasteiger partial charge in [-0.25, -0.2) is 18.2 Å². The van der Waals surface area contributed by atoms with Crippen LogP contribution in [0.2, 0.25) is 0 Å². The van der Waals surface area contributed by atoms with Crippen LogP contribution in [0.1, 0.15) is 46.3 Å². The highest BCUT2D eigenvalue weighted by atomic mass is 19.3. The summed E-state index contributed by atoms with van der Waals surface area (Å²) >= 11 is 0. The molecule has 0 spiro atoms. The van der Waals surface area contributed by atoms with Crippen LogP contribution in [0.15, 0.2) is 30.5 Å². The predicted molar refractivity (Wildman–Crippen MR) is 98.5 cm³/mol. The zero-order chi connectivity index (χ0) is 20.6. The highest BCUT2D eigenvalue weighted by Gasteiger charge is 2.33. The fourth-order valence-corrected chi connectivity index (χ4v) is 3.66. The fraction of sp³-hybridized carbons (Fsp3) is 0.429. The van der Waals surface area contributed by atoms with Crippen LogP contribution in [0, 0.1) is 5.82 Å². The van der Waals surface area contributed by atoms with Gasteiger partial charge in [0, 0.05) is 44.3 Å². The average Bonchev–Trinajstić information content (AvgIpc) is 3.30. The topological polar surface area (TPSA) is 51.7 Å². The number of amides is 1. The number of carbonyl (C=O) groups excluding carboxylic acids is 1. The Morgan fingerprint density at radius 2 is 2.17 bits per heavy atom. The number of pyridine rings is 1. The summed E-state index contributed by atoms with van der Waals surface area (Å²) in [6.45, 7) is 1.44. The van der Waals surface area contributed by atoms with Gasteiger partial charge in [0.05, 0.1) is 6.61 Å². The number of fused-ring (bicyclic) bond motifs is 1. The van der Waals surface area contributed by atoms with Crippen molar-refractivity contribution < 1.29 is 27.4 Å². The number of aromatic nitrogens is 1. The molecule has 1 aromatic carbocycles. The van der Waals surface area contributed by atoms with Gasteiger partial charge in [-0.2, -0.15) is 0 Å². The number of benzene rings is 1. The fourth-order valence-electron chi connectivity index (χ4n) is 3.66. The second-order valence-electron chi connectivity index (χ2n) is 7.58. The quantitative estimate of drug-likeness (QED) is 0.730. The number of nitrogens with zero attached hydrogens (tertiary/aromatic N) is 2. The van der Waals surface area contributed by atoms with Crippen LogP contribution < -0.4 is 4.74 Å². The minimum atomic E-state index is -3.04. The molecule has 154 valence electrons. The molecule has 3 heterocycles. The number of ether oxygens (including phenoxy) is 2. The van der Waals surface area contributed by atoms with Gasteiger partial charge in [-0.1, -0.05) is 12.1 Å². The van der Waals surface area contributed by atoms with E-state index in [-0.39, 0.29) is 36.3 Å². The summed E-state index contributed by atoms with van der Waals surface area (Å²) < 4.78 is 51.3. The highest BCUT2D eigenvalue weighted by Crippen LogP contribution is 2.32. The van der Waals surface area contributed by atoms with E-state index in [9.17, 15) is 18.0 Å². The van der Waals surface area contributed by atoms with Crippen LogP contribution in [0.4, 0.5) is 13.2 Å². The van der Waals surface area contributed by atoms with Gasteiger partial charge < -0.3 is 14.4 Å². The van der Waals surface area contributed by atoms with Crippen molar-refractivity contribution >= 4 is 5.91 Å². The molecule has 2 aromatic rings. The highest BCUT2D eigenvalue weighted by molar-refractivity contribution is 6.00. The van der Waals surface area contributed by atoms with E-state index >= 15 is 0 Å². The molecule has 1 fully saturated rings. The molecular formula is C21H21F3N2O3. The predicted octanol–water partition coefficient (Wildman–Crippen LogP) is 3.91. The Kier molecular flexibility index (Phi) is 5.21. The smallest absolute Gasteiger partial charge is 0.278 e. The molecule has 1 aromatic heterocycles. The Morgan fingerprint density at radius 3 is 2.86 bits per heavy atom. The minimum absolute atomic E-state index is 0.0736. The van der Waals surface area contributed by atoms with Gasteiger partial charge in [0.1, 0.15) is 11.4 Å². The largest absolute Gasteiger partial charge is 0.471 e. The van der Waals surface area contributed by atoms with Crippen molar-refractivity contribution in [1.29, 1.82) is 0 Å². The molecule has 1 unspecified atom stereocenters. The molecular weight excluding hydrogens is 385 g/mol. The second kappa shape index (κ2) is 7.67. The molecule has 4 rings (SSSR count). The number of rotatable bonds is 6. The van der Waals surface area contributed by atoms with E-state index in [0.29, 0.717) is 24.3 Å². The first kappa shape index (κ1) is 19.7. The second-order valence-corrected chi connectivity index (χ2v) is 7.58. The lowest BCUT2D eigenvalue weighted by Gasteiger charge is -2.17. The van der Waals surface area contributed by atoms with E-state index in [1.165, 1.54) is 17.2 Å². The Hall–Kier alpha value is -2.61. The zero-order valence-corrected chi connectivity index (χ0v) is 16.0. The van der Waals surface area contributed by atoms with E-state index in [1.54, 1.807) is 12.1 Å². The lowest BCUT2D eigenvalue weighted by molar-refractivity contribution is -0.0245. The van der Waals surface area contributed by atoms with Crippen molar-refractivity contribution in [2.45, 2.75) is 38.3 Å². The van der Waals surface area contributed by atoms with Crippen LogP contribution >= 0.6 is 0 Å². The SMILES string of the molecule is CC(F)(F)COc1nccc2c1C(=O)N(Cc1ccc(C3CCOC3)cc1F)C2. The summed E-state index contributed by atoms with van der Waals surface area (Å²) in [7, 11) is 0. The molecule has 0 N–H and O–H groups in total. The Balaban J connectivity index is 1.50. The van der Waals surface area contributed by atoms with Crippen molar-refractivity contribution in [2.24, 2.45) is 0 Å². The number of alkyl halides is 2. The molecule has 0 bridgehead atoms. The van der Waals surface area contributed by atoms with E-state index in [4.69, 9.17) is 9.47 Å². The van der Waals surface area contributed by atoms with E-state index in [1.807, 2.05) is 6.07 Å². The molecule has 29 heavy (non-hydrogen) atoms. The molecule has 0 radical (unpaired) electrons. The molecule has 1 atom stereocenters. The molecule has 2 aliphatic heterocycles. The van der Waals surface area contributed by atoms with Crippen LogP contribution in [-0.2, 0) is 17.8 Å². The normalized spacial score (nSPS) is 19.0. The summed E-state index contributed by atoms with van der Waals surface area (Å²) in [4.78, 5) is 18.2. The first-order valence-corrected chi connectivity index (χ1v) is 9.45. The van der Waals surface area contributed by atoms with Gasteiger partial charge in [0.25, 0.3) is 11.8 Å². The van der Waals surface area contributed by atoms with Crippen LogP contribution in [0.3, 0.4) is 0 Å². The summed E-state index contributed by atoms with van der Waals surface area (Å²) in [5.41, 5.74) is 2.07. The van der Waals surface area contributed by atoms with Crippen LogP contribution in [0.5, 0.6) is 5.88 Å². The third-order valence-electron chi connectivity index (χ3n) is 5.17. The standard InChI is InChI=1S/C21H21F3N2O3/c1-21(23,24)12-29-19-18-15(4-6-25-19)10-26(20(18)27)9-14-3-2-13(8-17(14)22)16-5-7-28-11-16/h2-4,6,8,16H,5,7,9-12H2,1H3. The zero-order valence-electron chi connectivity index (χ0n) is 16.0. The number of hydrogen-bond acceptors (Lipinski definition) is 4. The van der Waals surface area contributed by atoms with Crippen LogP contribution in [0.25, 0.3) is 0 Å². The molecule has 0 aliphatic carbocycles. The molecule has 1 amide bonds. The molecule has 8 heteroatoms. The average molecular weight is 406 g/mol. The maximum atomic E-state index is 14.6. The summed E-state index contributed by atoms with van der Waals surface area (Å²) in [6.07, 6.45) is 2.28. The van der Waals surface area contributed by atoms with Gasteiger partial charge in [-0.05, 0) is 29.7 Å². The van der Waals surface area contributed by atoms with Crippen molar-refractivity contribution in [3.63, 3.8) is 0 Å². The van der Waals surface area contributed by atoms with Gasteiger partial charge >= 0.3 is 0 Å². The molecule has 1 saturated heterocycles. The summed E-state index contributed by atoms with van der Waals surface area (Å²) in [5.74, 6) is -3.75. The lowest BCUT2D eigenvalue weighted by Crippen LogP contribution is -2.25. The summed E-state index contributed by atoms with van der Waals surface area (Å²) in [6, 6.07) is 6.70. The molecule has 5 nitrogen and oxygen atoms in total. The maximum Gasteiger partial charge on any atom is 0.278 e. The third-order valence-corrected chi connectivity index (χ3v) is 5.17. The van der Waals surface area contributed by atoms with Gasteiger partial charge in [-0.15, -0.1) is 0 Å². The number of halogens is 3. The molecule has 0 saturated carbocycles.